The molecule has 0 fully saturated rings. The van der Waals surface area contributed by atoms with Gasteiger partial charge in [-0.2, -0.15) is 35.1 Å². The molecule has 136 valence electrons. The summed E-state index contributed by atoms with van der Waals surface area (Å²) >= 11 is 0. The molecule has 0 amide bonds. The molecule has 0 radical (unpaired) electrons. The lowest BCUT2D eigenvalue weighted by Crippen LogP contribution is -2.55. The minimum Gasteiger partial charge on any atom is -0.374 e. The van der Waals surface area contributed by atoms with Crippen LogP contribution in [0.2, 0.25) is 0 Å². The van der Waals surface area contributed by atoms with E-state index in [9.17, 15) is 40.2 Å². The summed E-state index contributed by atoms with van der Waals surface area (Å²) in [5.41, 5.74) is -7.20. The Morgan fingerprint density at radius 2 is 1.24 bits per heavy atom. The summed E-state index contributed by atoms with van der Waals surface area (Å²) in [5, 5.41) is 10.3. The number of rotatable bonds is 3. The predicted molar refractivity (Wildman–Crippen MR) is 69.7 cm³/mol. The highest BCUT2D eigenvalue weighted by molar-refractivity contribution is 5.40. The zero-order valence-electron chi connectivity index (χ0n) is 12.0. The number of alkyl halides is 8. The second-order valence-corrected chi connectivity index (χ2v) is 5.10. The molecular formula is C15H9F8NO. The van der Waals surface area contributed by atoms with E-state index in [4.69, 9.17) is 0 Å². The van der Waals surface area contributed by atoms with E-state index in [0.29, 0.717) is 30.5 Å². The second kappa shape index (κ2) is 5.94. The highest BCUT2D eigenvalue weighted by atomic mass is 19.4. The van der Waals surface area contributed by atoms with Crippen LogP contribution >= 0.6 is 0 Å². The van der Waals surface area contributed by atoms with Crippen molar-refractivity contribution in [3.8, 4) is 0 Å². The smallest absolute Gasteiger partial charge is 0.374 e. The van der Waals surface area contributed by atoms with Gasteiger partial charge in [0.2, 0.25) is 0 Å². The number of hydrogen-bond donors (Lipinski definition) is 1. The van der Waals surface area contributed by atoms with Crippen LogP contribution in [0.1, 0.15) is 16.7 Å². The summed E-state index contributed by atoms with van der Waals surface area (Å²) in [5.74, 6) is -5.69. The van der Waals surface area contributed by atoms with Gasteiger partial charge in [-0.3, -0.25) is 4.98 Å². The largest absolute Gasteiger partial charge is 0.457 e. The molecular weight excluding hydrogens is 362 g/mol. The first-order chi connectivity index (χ1) is 11.3. The molecule has 0 aliphatic rings. The topological polar surface area (TPSA) is 33.1 Å². The van der Waals surface area contributed by atoms with Gasteiger partial charge in [0.25, 0.3) is 0 Å². The van der Waals surface area contributed by atoms with Crippen LogP contribution in [0.5, 0.6) is 0 Å². The molecule has 1 aromatic heterocycles. The Kier molecular flexibility index (Phi) is 4.54. The quantitative estimate of drug-likeness (QED) is 0.804. The van der Waals surface area contributed by atoms with E-state index in [-0.39, 0.29) is 0 Å². The molecule has 0 aliphatic heterocycles. The van der Waals surface area contributed by atoms with Crippen LogP contribution in [0.15, 0.2) is 48.8 Å². The number of aliphatic hydroxyl groups is 1. The van der Waals surface area contributed by atoms with Crippen LogP contribution in [0.25, 0.3) is 0 Å². The van der Waals surface area contributed by atoms with E-state index in [0.717, 1.165) is 18.3 Å². The lowest BCUT2D eigenvalue weighted by molar-refractivity contribution is -0.336. The molecule has 0 saturated carbocycles. The van der Waals surface area contributed by atoms with Crippen molar-refractivity contribution in [2.75, 3.05) is 0 Å². The number of nitrogens with zero attached hydrogens (tertiary/aromatic N) is 1. The molecule has 2 nitrogen and oxygen atoms in total. The highest BCUT2D eigenvalue weighted by Gasteiger charge is 2.71. The molecule has 0 saturated heterocycles. The Labute approximate surface area is 135 Å². The summed E-state index contributed by atoms with van der Waals surface area (Å²) in [6, 6.07) is 3.14. The van der Waals surface area contributed by atoms with Crippen LogP contribution in [-0.4, -0.2) is 22.2 Å². The average molecular weight is 371 g/mol. The number of aromatic nitrogens is 1. The Hall–Kier alpha value is -2.23. The first kappa shape index (κ1) is 19.1. The van der Waals surface area contributed by atoms with Crippen LogP contribution in [0.3, 0.4) is 0 Å². The van der Waals surface area contributed by atoms with Gasteiger partial charge in [0.15, 0.2) is 5.60 Å². The van der Waals surface area contributed by atoms with Crippen molar-refractivity contribution in [3.63, 3.8) is 0 Å². The number of benzene rings is 1. The van der Waals surface area contributed by atoms with Crippen molar-refractivity contribution >= 4 is 0 Å². The molecule has 25 heavy (non-hydrogen) atoms. The Morgan fingerprint density at radius 3 is 1.64 bits per heavy atom. The van der Waals surface area contributed by atoms with E-state index in [2.05, 4.69) is 4.98 Å². The van der Waals surface area contributed by atoms with Crippen LogP contribution in [0.4, 0.5) is 35.1 Å². The molecule has 1 N–H and O–H groups in total. The Morgan fingerprint density at radius 1 is 0.720 bits per heavy atom. The summed E-state index contributed by atoms with van der Waals surface area (Å²) < 4.78 is 104. The maximum atomic E-state index is 14.1. The van der Waals surface area contributed by atoms with Crippen molar-refractivity contribution in [2.45, 2.75) is 23.9 Å². The van der Waals surface area contributed by atoms with E-state index < -0.39 is 40.6 Å². The van der Waals surface area contributed by atoms with Gasteiger partial charge in [0.05, 0.1) is 5.56 Å². The molecule has 1 aromatic carbocycles. The molecule has 0 bridgehead atoms. The fourth-order valence-electron chi connectivity index (χ4n) is 2.21. The van der Waals surface area contributed by atoms with E-state index in [1.807, 2.05) is 0 Å². The summed E-state index contributed by atoms with van der Waals surface area (Å²) in [6.45, 7) is 0. The third-order valence-corrected chi connectivity index (χ3v) is 3.52. The maximum absolute atomic E-state index is 14.1. The number of pyridine rings is 1. The Balaban J connectivity index is 2.69. The fourth-order valence-corrected chi connectivity index (χ4v) is 2.21. The van der Waals surface area contributed by atoms with Crippen molar-refractivity contribution in [1.29, 1.82) is 0 Å². The van der Waals surface area contributed by atoms with Gasteiger partial charge in [-0.1, -0.05) is 18.2 Å². The molecule has 1 unspecified atom stereocenters. The van der Waals surface area contributed by atoms with Gasteiger partial charge >= 0.3 is 18.3 Å². The number of halogens is 8. The standard InChI is InChI=1S/C15H9F8NO/c16-13(17,18)10-5-3-9(4-6-10)12(25,11-2-1-7-24-8-11)14(19,20)15(21,22)23/h1-8,25H. The molecule has 0 aliphatic carbocycles. The fraction of sp³-hybridized carbons (Fsp3) is 0.267. The normalized spacial score (nSPS) is 15.7. The minimum atomic E-state index is -6.17. The van der Waals surface area contributed by atoms with Gasteiger partial charge in [0, 0.05) is 18.0 Å². The number of hydrogen-bond acceptors (Lipinski definition) is 2. The lowest BCUT2D eigenvalue weighted by atomic mass is 9.81. The zero-order valence-corrected chi connectivity index (χ0v) is 12.0. The Bertz CT molecular complexity index is 724. The van der Waals surface area contributed by atoms with Crippen LogP contribution in [0, 0.1) is 0 Å². The molecule has 10 heteroatoms. The molecule has 1 atom stereocenters. The van der Waals surface area contributed by atoms with Gasteiger partial charge in [-0.15, -0.1) is 0 Å². The van der Waals surface area contributed by atoms with Gasteiger partial charge < -0.3 is 5.11 Å². The molecule has 2 rings (SSSR count). The van der Waals surface area contributed by atoms with Gasteiger partial charge in [0.1, 0.15) is 0 Å². The SMILES string of the molecule is OC(c1ccc(C(F)(F)F)cc1)(c1cccnc1)C(F)(F)C(F)(F)F. The maximum Gasteiger partial charge on any atom is 0.457 e. The van der Waals surface area contributed by atoms with E-state index >= 15 is 0 Å². The second-order valence-electron chi connectivity index (χ2n) is 5.10. The van der Waals surface area contributed by atoms with Crippen LogP contribution < -0.4 is 0 Å². The molecule has 0 spiro atoms. The summed E-state index contributed by atoms with van der Waals surface area (Å²) in [4.78, 5) is 3.39. The van der Waals surface area contributed by atoms with Gasteiger partial charge in [-0.25, -0.2) is 0 Å². The van der Waals surface area contributed by atoms with Gasteiger partial charge in [-0.05, 0) is 23.8 Å². The average Bonchev–Trinajstić information content (AvgIpc) is 2.53. The van der Waals surface area contributed by atoms with E-state index in [1.54, 1.807) is 0 Å². The van der Waals surface area contributed by atoms with Crippen molar-refractivity contribution in [1.82, 2.24) is 4.98 Å². The monoisotopic (exact) mass is 371 g/mol. The van der Waals surface area contributed by atoms with Crippen LogP contribution in [-0.2, 0) is 11.8 Å². The zero-order chi connectivity index (χ0) is 19.1. The summed E-state index contributed by atoms with van der Waals surface area (Å²) in [7, 11) is 0. The first-order valence-corrected chi connectivity index (χ1v) is 6.57. The molecule has 2 aromatic rings. The van der Waals surface area contributed by atoms with Crippen molar-refractivity contribution < 1.29 is 40.2 Å². The predicted octanol–water partition coefficient (Wildman–Crippen LogP) is 4.53. The first-order valence-electron chi connectivity index (χ1n) is 6.57. The lowest BCUT2D eigenvalue weighted by Gasteiger charge is -2.37. The summed E-state index contributed by atoms with van der Waals surface area (Å²) in [6.07, 6.45) is -9.34. The molecule has 1 heterocycles. The third-order valence-electron chi connectivity index (χ3n) is 3.52. The minimum absolute atomic E-state index is 0.309. The van der Waals surface area contributed by atoms with Crippen molar-refractivity contribution in [2.24, 2.45) is 0 Å². The highest BCUT2D eigenvalue weighted by Crippen LogP contribution is 2.51. The van der Waals surface area contributed by atoms with E-state index in [1.165, 1.54) is 0 Å². The third kappa shape index (κ3) is 3.17. The van der Waals surface area contributed by atoms with Crippen molar-refractivity contribution in [3.05, 3.63) is 65.5 Å².